The van der Waals surface area contributed by atoms with Crippen molar-refractivity contribution in [2.75, 3.05) is 31.1 Å². The van der Waals surface area contributed by atoms with E-state index >= 15 is 0 Å². The number of hydrogen-bond acceptors (Lipinski definition) is 5. The van der Waals surface area contributed by atoms with Gasteiger partial charge in [0.25, 0.3) is 0 Å². The maximum absolute atomic E-state index is 13.3. The van der Waals surface area contributed by atoms with Crippen LogP contribution in [0.5, 0.6) is 0 Å². The fourth-order valence-corrected chi connectivity index (χ4v) is 6.58. The molecule has 1 saturated heterocycles. The average molecular weight is 539 g/mol. The molecule has 1 fully saturated rings. The molecule has 2 aromatic carbocycles. The van der Waals surface area contributed by atoms with Crippen molar-refractivity contribution in [3.63, 3.8) is 0 Å². The first-order valence-corrected chi connectivity index (χ1v) is 13.5. The fraction of sp³-hybridized carbons (Fsp3) is 0.304. The van der Waals surface area contributed by atoms with E-state index in [1.165, 1.54) is 12.1 Å². The summed E-state index contributed by atoms with van der Waals surface area (Å²) in [4.78, 5) is 5.95. The molecule has 9 heteroatoms. The predicted molar refractivity (Wildman–Crippen MR) is 131 cm³/mol. The van der Waals surface area contributed by atoms with Crippen molar-refractivity contribution < 1.29 is 12.8 Å². The van der Waals surface area contributed by atoms with Crippen LogP contribution in [0, 0.1) is 5.82 Å². The van der Waals surface area contributed by atoms with Crippen molar-refractivity contribution in [3.05, 3.63) is 81.2 Å². The molecule has 0 bridgehead atoms. The van der Waals surface area contributed by atoms with Crippen molar-refractivity contribution in [1.29, 1.82) is 0 Å². The summed E-state index contributed by atoms with van der Waals surface area (Å²) in [6.07, 6.45) is 0. The van der Waals surface area contributed by atoms with E-state index in [1.54, 1.807) is 47.7 Å². The van der Waals surface area contributed by atoms with Gasteiger partial charge in [-0.15, -0.1) is 11.3 Å². The highest BCUT2D eigenvalue weighted by atomic mass is 79.9. The van der Waals surface area contributed by atoms with E-state index < -0.39 is 10.0 Å². The molecule has 2 atom stereocenters. The molecule has 0 unspecified atom stereocenters. The van der Waals surface area contributed by atoms with Crippen LogP contribution in [-0.4, -0.2) is 45.5 Å². The molecule has 0 saturated carbocycles. The first-order valence-electron chi connectivity index (χ1n) is 10.4. The molecular weight excluding hydrogens is 513 g/mol. The van der Waals surface area contributed by atoms with E-state index in [0.717, 1.165) is 41.2 Å². The second-order valence-corrected chi connectivity index (χ2v) is 11.4. The summed E-state index contributed by atoms with van der Waals surface area (Å²) in [6.45, 7) is 5.07. The first-order chi connectivity index (χ1) is 15.3. The predicted octanol–water partition coefficient (Wildman–Crippen LogP) is 4.88. The minimum absolute atomic E-state index is 0.0735. The average Bonchev–Trinajstić information content (AvgIpc) is 3.29. The molecule has 32 heavy (non-hydrogen) atoms. The third kappa shape index (κ3) is 5.40. The number of thiophene rings is 1. The van der Waals surface area contributed by atoms with Gasteiger partial charge in [0, 0.05) is 47.3 Å². The summed E-state index contributed by atoms with van der Waals surface area (Å²) in [7, 11) is -3.65. The Labute approximate surface area is 201 Å². The monoisotopic (exact) mass is 537 g/mol. The molecule has 1 aromatic heterocycles. The Morgan fingerprint density at radius 3 is 2.25 bits per heavy atom. The van der Waals surface area contributed by atoms with Gasteiger partial charge in [0.1, 0.15) is 5.82 Å². The molecule has 1 aliphatic heterocycles. The Hall–Kier alpha value is -1.78. The van der Waals surface area contributed by atoms with E-state index in [0.29, 0.717) is 0 Å². The maximum Gasteiger partial charge on any atom is 0.240 e. The Morgan fingerprint density at radius 2 is 1.66 bits per heavy atom. The van der Waals surface area contributed by atoms with E-state index in [9.17, 15) is 12.8 Å². The molecule has 4 rings (SSSR count). The zero-order valence-electron chi connectivity index (χ0n) is 17.6. The second kappa shape index (κ2) is 10.0. The summed E-state index contributed by atoms with van der Waals surface area (Å²) < 4.78 is 43.0. The highest BCUT2D eigenvalue weighted by Gasteiger charge is 2.32. The normalized spacial score (nSPS) is 17.3. The number of piperazine rings is 1. The van der Waals surface area contributed by atoms with Crippen molar-refractivity contribution in [3.8, 4) is 0 Å². The molecular formula is C23H25BrFN3O2S2. The molecule has 5 nitrogen and oxygen atoms in total. The summed E-state index contributed by atoms with van der Waals surface area (Å²) in [5.41, 5.74) is 1.00. The third-order valence-corrected chi connectivity index (χ3v) is 8.72. The molecule has 0 radical (unpaired) electrons. The van der Waals surface area contributed by atoms with Crippen LogP contribution in [0.25, 0.3) is 0 Å². The minimum Gasteiger partial charge on any atom is -0.369 e. The van der Waals surface area contributed by atoms with Crippen LogP contribution < -0.4 is 9.62 Å². The first kappa shape index (κ1) is 23.4. The lowest BCUT2D eigenvalue weighted by Crippen LogP contribution is -2.52. The standard InChI is InChI=1S/C23H25BrFN3O2S2/c1-17(26-32(29,30)21-10-4-18(24)5-11-21)23(22-3-2-16-31-22)28-14-12-27(13-15-28)20-8-6-19(25)7-9-20/h2-11,16-17,23,26H,12-15H2,1H3/t17-,23+/m0/s1. The zero-order chi connectivity index (χ0) is 22.7. The highest BCUT2D eigenvalue weighted by molar-refractivity contribution is 9.10. The van der Waals surface area contributed by atoms with Crippen molar-refractivity contribution >= 4 is 43.0 Å². The summed E-state index contributed by atoms with van der Waals surface area (Å²) >= 11 is 4.98. The smallest absolute Gasteiger partial charge is 0.240 e. The van der Waals surface area contributed by atoms with Crippen LogP contribution in [0.3, 0.4) is 0 Å². The van der Waals surface area contributed by atoms with E-state index in [4.69, 9.17) is 0 Å². The summed E-state index contributed by atoms with van der Waals surface area (Å²) in [5, 5.41) is 2.02. The number of nitrogens with one attached hydrogen (secondary N) is 1. The van der Waals surface area contributed by atoms with Gasteiger partial charge in [0.15, 0.2) is 0 Å². The second-order valence-electron chi connectivity index (χ2n) is 7.82. The Balaban J connectivity index is 1.49. The topological polar surface area (TPSA) is 52.7 Å². The lowest BCUT2D eigenvalue weighted by Gasteiger charge is -2.42. The van der Waals surface area contributed by atoms with Crippen LogP contribution in [0.1, 0.15) is 17.8 Å². The lowest BCUT2D eigenvalue weighted by molar-refractivity contribution is 0.164. The quantitative estimate of drug-likeness (QED) is 0.466. The van der Waals surface area contributed by atoms with Crippen LogP contribution in [0.2, 0.25) is 0 Å². The van der Waals surface area contributed by atoms with Crippen LogP contribution >= 0.6 is 27.3 Å². The number of sulfonamides is 1. The highest BCUT2D eigenvalue weighted by Crippen LogP contribution is 2.31. The van der Waals surface area contributed by atoms with Crippen molar-refractivity contribution in [1.82, 2.24) is 9.62 Å². The number of anilines is 1. The Morgan fingerprint density at radius 1 is 1.00 bits per heavy atom. The van der Waals surface area contributed by atoms with Gasteiger partial charge in [-0.25, -0.2) is 17.5 Å². The van der Waals surface area contributed by atoms with Crippen molar-refractivity contribution in [2.45, 2.75) is 23.9 Å². The maximum atomic E-state index is 13.3. The Bertz CT molecular complexity index is 1120. The van der Waals surface area contributed by atoms with Crippen LogP contribution in [-0.2, 0) is 10.0 Å². The molecule has 2 heterocycles. The van der Waals surface area contributed by atoms with Crippen molar-refractivity contribution in [2.24, 2.45) is 0 Å². The molecule has 0 amide bonds. The Kier molecular flexibility index (Phi) is 7.31. The molecule has 1 N–H and O–H groups in total. The zero-order valence-corrected chi connectivity index (χ0v) is 20.8. The summed E-state index contributed by atoms with van der Waals surface area (Å²) in [6, 6.07) is 16.9. The van der Waals surface area contributed by atoms with E-state index in [2.05, 4.69) is 36.5 Å². The van der Waals surface area contributed by atoms with Crippen LogP contribution in [0.4, 0.5) is 10.1 Å². The number of hydrogen-bond donors (Lipinski definition) is 1. The van der Waals surface area contributed by atoms with Gasteiger partial charge in [-0.2, -0.15) is 0 Å². The lowest BCUT2D eigenvalue weighted by atomic mass is 10.1. The SMILES string of the molecule is C[C@H](NS(=O)(=O)c1ccc(Br)cc1)[C@H](c1cccs1)N1CCN(c2ccc(F)cc2)CC1. The number of nitrogens with zero attached hydrogens (tertiary/aromatic N) is 2. The van der Waals surface area contributed by atoms with E-state index in [1.807, 2.05) is 18.4 Å². The van der Waals surface area contributed by atoms with Crippen LogP contribution in [0.15, 0.2) is 75.4 Å². The van der Waals surface area contributed by atoms with Gasteiger partial charge in [-0.05, 0) is 66.9 Å². The fourth-order valence-electron chi connectivity index (χ4n) is 4.10. The van der Waals surface area contributed by atoms with Gasteiger partial charge in [0.2, 0.25) is 10.0 Å². The largest absolute Gasteiger partial charge is 0.369 e. The molecule has 1 aliphatic rings. The van der Waals surface area contributed by atoms with Gasteiger partial charge in [0.05, 0.1) is 10.9 Å². The molecule has 3 aromatic rings. The molecule has 170 valence electrons. The third-order valence-electron chi connectivity index (χ3n) is 5.67. The number of benzene rings is 2. The minimum atomic E-state index is -3.65. The summed E-state index contributed by atoms with van der Waals surface area (Å²) in [5.74, 6) is -0.239. The van der Waals surface area contributed by atoms with Gasteiger partial charge >= 0.3 is 0 Å². The number of rotatable bonds is 7. The van der Waals surface area contributed by atoms with E-state index in [-0.39, 0.29) is 22.8 Å². The van der Waals surface area contributed by atoms with Gasteiger partial charge < -0.3 is 4.90 Å². The number of halogens is 2. The van der Waals surface area contributed by atoms with Gasteiger partial charge in [-0.1, -0.05) is 22.0 Å². The molecule has 0 spiro atoms. The molecule has 0 aliphatic carbocycles. The van der Waals surface area contributed by atoms with Gasteiger partial charge in [-0.3, -0.25) is 4.90 Å².